The topological polar surface area (TPSA) is 66.9 Å². The van der Waals surface area contributed by atoms with E-state index in [1.165, 1.54) is 0 Å². The van der Waals surface area contributed by atoms with Gasteiger partial charge >= 0.3 is 0 Å². The Balaban J connectivity index is 1.66. The zero-order valence-electron chi connectivity index (χ0n) is 16.2. The highest BCUT2D eigenvalue weighted by Gasteiger charge is 2.38. The number of piperidine rings is 1. The van der Waals surface area contributed by atoms with Gasteiger partial charge in [0.15, 0.2) is 0 Å². The number of amides is 1. The summed E-state index contributed by atoms with van der Waals surface area (Å²) in [5.41, 5.74) is 0.613. The van der Waals surface area contributed by atoms with Crippen LogP contribution in [-0.4, -0.2) is 68.2 Å². The summed E-state index contributed by atoms with van der Waals surface area (Å²) in [7, 11) is -0.0223. The minimum Gasteiger partial charge on any atom is -0.381 e. The lowest BCUT2D eigenvalue weighted by molar-refractivity contribution is 0.0549. The number of nitrogens with zero attached hydrogens (tertiary/aromatic N) is 2. The third-order valence-electron chi connectivity index (χ3n) is 6.00. The Morgan fingerprint density at radius 1 is 1.11 bits per heavy atom. The minimum atomic E-state index is -3.44. The van der Waals surface area contributed by atoms with Crippen LogP contribution in [0.1, 0.15) is 48.9 Å². The number of hydrogen-bond donors (Lipinski definition) is 0. The normalized spacial score (nSPS) is 26.9. The van der Waals surface area contributed by atoms with Crippen molar-refractivity contribution in [3.63, 3.8) is 0 Å². The van der Waals surface area contributed by atoms with Crippen molar-refractivity contribution < 1.29 is 17.9 Å². The van der Waals surface area contributed by atoms with Crippen LogP contribution in [0.2, 0.25) is 0 Å². The van der Waals surface area contributed by atoms with Crippen molar-refractivity contribution in [3.8, 4) is 0 Å². The molecule has 2 fully saturated rings. The molecule has 150 valence electrons. The first-order valence-electron chi connectivity index (χ1n) is 9.77. The number of benzene rings is 1. The second-order valence-electron chi connectivity index (χ2n) is 7.61. The smallest absolute Gasteiger partial charge is 0.253 e. The van der Waals surface area contributed by atoms with Crippen LogP contribution in [0, 0.1) is 0 Å². The Bertz CT molecular complexity index is 730. The Hall–Kier alpha value is -1.44. The SMILES string of the molecule is COC1CCC(N(C)S(=O)(=O)[C@@H]2CCCN(C(=O)c3ccccc3)C2)CC1. The number of rotatable bonds is 5. The van der Waals surface area contributed by atoms with E-state index in [4.69, 9.17) is 4.74 Å². The van der Waals surface area contributed by atoms with E-state index in [0.29, 0.717) is 24.9 Å². The fraction of sp³-hybridized carbons (Fsp3) is 0.650. The molecule has 1 saturated carbocycles. The van der Waals surface area contributed by atoms with E-state index in [1.807, 2.05) is 18.2 Å². The summed E-state index contributed by atoms with van der Waals surface area (Å²) >= 11 is 0. The van der Waals surface area contributed by atoms with Gasteiger partial charge in [-0.25, -0.2) is 12.7 Å². The second-order valence-corrected chi connectivity index (χ2v) is 9.88. The van der Waals surface area contributed by atoms with Crippen LogP contribution in [0.4, 0.5) is 0 Å². The minimum absolute atomic E-state index is 0.0293. The maximum absolute atomic E-state index is 13.2. The van der Waals surface area contributed by atoms with E-state index < -0.39 is 15.3 Å². The van der Waals surface area contributed by atoms with E-state index in [-0.39, 0.29) is 24.6 Å². The molecule has 0 N–H and O–H groups in total. The van der Waals surface area contributed by atoms with Gasteiger partial charge in [-0.05, 0) is 50.7 Å². The van der Waals surface area contributed by atoms with Crippen molar-refractivity contribution in [2.45, 2.75) is 55.9 Å². The molecule has 1 aromatic carbocycles. The lowest BCUT2D eigenvalue weighted by Crippen LogP contribution is -2.51. The maximum atomic E-state index is 13.2. The van der Waals surface area contributed by atoms with Gasteiger partial charge in [0, 0.05) is 38.9 Å². The first-order chi connectivity index (χ1) is 12.9. The Morgan fingerprint density at radius 3 is 2.41 bits per heavy atom. The summed E-state index contributed by atoms with van der Waals surface area (Å²) in [4.78, 5) is 14.4. The van der Waals surface area contributed by atoms with E-state index in [1.54, 1.807) is 35.5 Å². The van der Waals surface area contributed by atoms with Gasteiger partial charge in [0.05, 0.1) is 11.4 Å². The van der Waals surface area contributed by atoms with Crippen molar-refractivity contribution >= 4 is 15.9 Å². The molecule has 1 aliphatic carbocycles. The summed E-state index contributed by atoms with van der Waals surface area (Å²) in [6.07, 6.45) is 5.01. The van der Waals surface area contributed by atoms with Gasteiger partial charge in [-0.3, -0.25) is 4.79 Å². The van der Waals surface area contributed by atoms with Crippen LogP contribution >= 0.6 is 0 Å². The highest BCUT2D eigenvalue weighted by atomic mass is 32.2. The molecule has 6 nitrogen and oxygen atoms in total. The summed E-state index contributed by atoms with van der Waals surface area (Å²) in [6.45, 7) is 0.885. The summed E-state index contributed by atoms with van der Waals surface area (Å²) in [5.74, 6) is -0.0845. The average Bonchev–Trinajstić information content (AvgIpc) is 2.73. The summed E-state index contributed by atoms with van der Waals surface area (Å²) in [5, 5.41) is -0.524. The zero-order valence-corrected chi connectivity index (χ0v) is 17.0. The molecule has 0 bridgehead atoms. The van der Waals surface area contributed by atoms with Gasteiger partial charge in [-0.15, -0.1) is 0 Å². The highest BCUT2D eigenvalue weighted by molar-refractivity contribution is 7.89. The van der Waals surface area contributed by atoms with Crippen LogP contribution in [0.5, 0.6) is 0 Å². The Kier molecular flexibility index (Phi) is 6.55. The van der Waals surface area contributed by atoms with Crippen molar-refractivity contribution in [3.05, 3.63) is 35.9 Å². The number of methoxy groups -OCH3 is 1. The fourth-order valence-corrected chi connectivity index (χ4v) is 6.15. The van der Waals surface area contributed by atoms with Crippen LogP contribution in [0.15, 0.2) is 30.3 Å². The molecule has 0 aromatic heterocycles. The van der Waals surface area contributed by atoms with E-state index in [9.17, 15) is 13.2 Å². The van der Waals surface area contributed by atoms with Gasteiger partial charge in [0.25, 0.3) is 5.91 Å². The van der Waals surface area contributed by atoms with Crippen molar-refractivity contribution in [2.24, 2.45) is 0 Å². The first-order valence-corrected chi connectivity index (χ1v) is 11.3. The van der Waals surface area contributed by atoms with Crippen LogP contribution < -0.4 is 0 Å². The number of ether oxygens (including phenoxy) is 1. The number of carbonyl (C=O) groups is 1. The standard InChI is InChI=1S/C20H30N2O4S/c1-21(17-10-12-18(26-2)13-11-17)27(24,25)19-9-6-14-22(15-19)20(23)16-7-4-3-5-8-16/h3-5,7-8,17-19H,6,9-15H2,1-2H3/t17?,18?,19-/m1/s1. The third kappa shape index (κ3) is 4.52. The number of hydrogen-bond acceptors (Lipinski definition) is 4. The summed E-state index contributed by atoms with van der Waals surface area (Å²) < 4.78 is 33.4. The predicted octanol–water partition coefficient (Wildman–Crippen LogP) is 2.51. The van der Waals surface area contributed by atoms with Crippen molar-refractivity contribution in [1.29, 1.82) is 0 Å². The first kappa shape index (κ1) is 20.3. The molecule has 1 aliphatic heterocycles. The van der Waals surface area contributed by atoms with Crippen LogP contribution in [0.25, 0.3) is 0 Å². The summed E-state index contributed by atoms with van der Waals surface area (Å²) in [6, 6.07) is 9.11. The Morgan fingerprint density at radius 2 is 1.78 bits per heavy atom. The molecule has 1 saturated heterocycles. The molecule has 1 amide bonds. The average molecular weight is 395 g/mol. The number of carbonyl (C=O) groups excluding carboxylic acids is 1. The second kappa shape index (κ2) is 8.71. The highest BCUT2D eigenvalue weighted by Crippen LogP contribution is 2.29. The van der Waals surface area contributed by atoms with E-state index in [2.05, 4.69) is 0 Å². The molecule has 1 atom stereocenters. The van der Waals surface area contributed by atoms with Gasteiger partial charge in [0.1, 0.15) is 0 Å². The maximum Gasteiger partial charge on any atom is 0.253 e. The van der Waals surface area contributed by atoms with Gasteiger partial charge in [0.2, 0.25) is 10.0 Å². The molecule has 3 rings (SSSR count). The number of sulfonamides is 1. The molecule has 0 unspecified atom stereocenters. The van der Waals surface area contributed by atoms with Crippen LogP contribution in [0.3, 0.4) is 0 Å². The molecular weight excluding hydrogens is 364 g/mol. The molecule has 1 heterocycles. The van der Waals surface area contributed by atoms with Gasteiger partial charge < -0.3 is 9.64 Å². The fourth-order valence-electron chi connectivity index (χ4n) is 4.22. The number of likely N-dealkylation sites (tertiary alicyclic amines) is 1. The molecule has 2 aliphatic rings. The van der Waals surface area contributed by atoms with Crippen LogP contribution in [-0.2, 0) is 14.8 Å². The molecule has 27 heavy (non-hydrogen) atoms. The zero-order chi connectivity index (χ0) is 19.4. The Labute approximate surface area is 162 Å². The van der Waals surface area contributed by atoms with Crippen molar-refractivity contribution in [1.82, 2.24) is 9.21 Å². The lowest BCUT2D eigenvalue weighted by Gasteiger charge is -2.38. The van der Waals surface area contributed by atoms with E-state index >= 15 is 0 Å². The quantitative estimate of drug-likeness (QED) is 0.770. The monoisotopic (exact) mass is 394 g/mol. The third-order valence-corrected chi connectivity index (χ3v) is 8.33. The molecule has 0 radical (unpaired) electrons. The largest absolute Gasteiger partial charge is 0.381 e. The molecule has 1 aromatic rings. The molecule has 7 heteroatoms. The molecule has 0 spiro atoms. The van der Waals surface area contributed by atoms with E-state index in [0.717, 1.165) is 25.7 Å². The van der Waals surface area contributed by atoms with Gasteiger partial charge in [-0.1, -0.05) is 18.2 Å². The predicted molar refractivity (Wildman–Crippen MR) is 105 cm³/mol. The molecular formula is C20H30N2O4S. The van der Waals surface area contributed by atoms with Crippen molar-refractivity contribution in [2.75, 3.05) is 27.2 Å². The lowest BCUT2D eigenvalue weighted by atomic mass is 9.93. The van der Waals surface area contributed by atoms with Gasteiger partial charge in [-0.2, -0.15) is 0 Å².